The highest BCUT2D eigenvalue weighted by molar-refractivity contribution is 5.36. The maximum Gasteiger partial charge on any atom is 0.0449 e. The Kier molecular flexibility index (Phi) is 2.88. The van der Waals surface area contributed by atoms with Crippen molar-refractivity contribution in [3.05, 3.63) is 54.4 Å². The van der Waals surface area contributed by atoms with Crippen molar-refractivity contribution < 1.29 is 0 Å². The molecule has 1 aromatic carbocycles. The molecule has 0 saturated carbocycles. The van der Waals surface area contributed by atoms with Crippen LogP contribution in [0.15, 0.2) is 48.8 Å². The minimum Gasteiger partial charge on any atom is -0.324 e. The van der Waals surface area contributed by atoms with Crippen LogP contribution in [0.2, 0.25) is 0 Å². The SMILES string of the molecule is CC[C@@H](N)c1ccc(-n2cccc2)cc1. The zero-order valence-corrected chi connectivity index (χ0v) is 8.93. The highest BCUT2D eigenvalue weighted by Gasteiger charge is 2.02. The van der Waals surface area contributed by atoms with Crippen molar-refractivity contribution in [2.75, 3.05) is 0 Å². The predicted molar refractivity (Wildman–Crippen MR) is 63.0 cm³/mol. The number of hydrogen-bond donors (Lipinski definition) is 1. The van der Waals surface area contributed by atoms with Gasteiger partial charge in [-0.05, 0) is 36.2 Å². The molecule has 0 saturated heterocycles. The maximum absolute atomic E-state index is 5.96. The molecule has 1 heterocycles. The summed E-state index contributed by atoms with van der Waals surface area (Å²) in [7, 11) is 0. The fraction of sp³-hybridized carbons (Fsp3) is 0.231. The van der Waals surface area contributed by atoms with Gasteiger partial charge in [0.1, 0.15) is 0 Å². The number of nitrogens with zero attached hydrogens (tertiary/aromatic N) is 1. The number of rotatable bonds is 3. The van der Waals surface area contributed by atoms with Gasteiger partial charge in [0.15, 0.2) is 0 Å². The van der Waals surface area contributed by atoms with Gasteiger partial charge in [-0.15, -0.1) is 0 Å². The molecule has 0 aliphatic heterocycles. The molecule has 0 unspecified atom stereocenters. The van der Waals surface area contributed by atoms with E-state index in [2.05, 4.69) is 35.8 Å². The van der Waals surface area contributed by atoms with E-state index < -0.39 is 0 Å². The molecule has 2 rings (SSSR count). The van der Waals surface area contributed by atoms with Crippen LogP contribution in [0.25, 0.3) is 5.69 Å². The van der Waals surface area contributed by atoms with Crippen molar-refractivity contribution in [1.29, 1.82) is 0 Å². The number of aromatic nitrogens is 1. The molecule has 0 radical (unpaired) electrons. The molecule has 15 heavy (non-hydrogen) atoms. The van der Waals surface area contributed by atoms with Crippen molar-refractivity contribution in [1.82, 2.24) is 4.57 Å². The average molecular weight is 200 g/mol. The van der Waals surface area contributed by atoms with Crippen LogP contribution in [0.4, 0.5) is 0 Å². The lowest BCUT2D eigenvalue weighted by Crippen LogP contribution is -2.08. The van der Waals surface area contributed by atoms with Crippen LogP contribution in [0.5, 0.6) is 0 Å². The first kappa shape index (κ1) is 9.99. The molecule has 0 spiro atoms. The number of benzene rings is 1. The molecule has 0 bridgehead atoms. The van der Waals surface area contributed by atoms with Gasteiger partial charge in [0, 0.05) is 24.1 Å². The van der Waals surface area contributed by atoms with Crippen LogP contribution < -0.4 is 5.73 Å². The summed E-state index contributed by atoms with van der Waals surface area (Å²) < 4.78 is 2.08. The van der Waals surface area contributed by atoms with E-state index in [1.807, 2.05) is 24.5 Å². The van der Waals surface area contributed by atoms with Crippen LogP contribution in [0, 0.1) is 0 Å². The second-order valence-electron chi connectivity index (χ2n) is 3.70. The smallest absolute Gasteiger partial charge is 0.0449 e. The third-order valence-electron chi connectivity index (χ3n) is 2.66. The summed E-state index contributed by atoms with van der Waals surface area (Å²) in [4.78, 5) is 0. The molecule has 0 amide bonds. The summed E-state index contributed by atoms with van der Waals surface area (Å²) in [6, 6.07) is 12.6. The molecular weight excluding hydrogens is 184 g/mol. The Balaban J connectivity index is 2.25. The van der Waals surface area contributed by atoms with Gasteiger partial charge in [0.2, 0.25) is 0 Å². The summed E-state index contributed by atoms with van der Waals surface area (Å²) in [5, 5.41) is 0. The van der Waals surface area contributed by atoms with Gasteiger partial charge in [-0.1, -0.05) is 19.1 Å². The monoisotopic (exact) mass is 200 g/mol. The highest BCUT2D eigenvalue weighted by Crippen LogP contribution is 2.16. The largest absolute Gasteiger partial charge is 0.324 e. The van der Waals surface area contributed by atoms with Gasteiger partial charge < -0.3 is 10.3 Å². The summed E-state index contributed by atoms with van der Waals surface area (Å²) in [6.07, 6.45) is 5.05. The Morgan fingerprint density at radius 2 is 1.73 bits per heavy atom. The van der Waals surface area contributed by atoms with E-state index in [9.17, 15) is 0 Å². The Morgan fingerprint density at radius 3 is 2.27 bits per heavy atom. The molecular formula is C13H16N2. The van der Waals surface area contributed by atoms with Crippen molar-refractivity contribution in [3.8, 4) is 5.69 Å². The van der Waals surface area contributed by atoms with Crippen LogP contribution in [0.3, 0.4) is 0 Å². The normalized spacial score (nSPS) is 12.7. The van der Waals surface area contributed by atoms with Crippen molar-refractivity contribution >= 4 is 0 Å². The summed E-state index contributed by atoms with van der Waals surface area (Å²) >= 11 is 0. The van der Waals surface area contributed by atoms with E-state index in [1.165, 1.54) is 11.3 Å². The second kappa shape index (κ2) is 4.32. The van der Waals surface area contributed by atoms with E-state index in [-0.39, 0.29) is 6.04 Å². The van der Waals surface area contributed by atoms with Gasteiger partial charge >= 0.3 is 0 Å². The standard InChI is InChI=1S/C13H16N2/c1-2-13(14)11-5-7-12(8-6-11)15-9-3-4-10-15/h3-10,13H,2,14H2,1H3/t13-/m1/s1. The fourth-order valence-corrected chi connectivity index (χ4v) is 1.64. The van der Waals surface area contributed by atoms with Crippen molar-refractivity contribution in [3.63, 3.8) is 0 Å². The van der Waals surface area contributed by atoms with Gasteiger partial charge in [0.05, 0.1) is 0 Å². The van der Waals surface area contributed by atoms with Crippen LogP contribution >= 0.6 is 0 Å². The Hall–Kier alpha value is -1.54. The Bertz CT molecular complexity index is 401. The molecule has 0 aliphatic rings. The third-order valence-corrected chi connectivity index (χ3v) is 2.66. The van der Waals surface area contributed by atoms with Gasteiger partial charge in [-0.3, -0.25) is 0 Å². The Labute approximate surface area is 90.3 Å². The summed E-state index contributed by atoms with van der Waals surface area (Å²) in [5.41, 5.74) is 8.33. The van der Waals surface area contributed by atoms with Gasteiger partial charge in [-0.2, -0.15) is 0 Å². The molecule has 78 valence electrons. The molecule has 2 N–H and O–H groups in total. The van der Waals surface area contributed by atoms with E-state index in [4.69, 9.17) is 5.73 Å². The van der Waals surface area contributed by atoms with Crippen molar-refractivity contribution in [2.24, 2.45) is 5.73 Å². The predicted octanol–water partition coefficient (Wildman–Crippen LogP) is 2.89. The van der Waals surface area contributed by atoms with Crippen LogP contribution in [-0.4, -0.2) is 4.57 Å². The first-order valence-corrected chi connectivity index (χ1v) is 5.30. The minimum atomic E-state index is 0.156. The lowest BCUT2D eigenvalue weighted by molar-refractivity contribution is 0.698. The molecule has 1 aromatic heterocycles. The van der Waals surface area contributed by atoms with E-state index in [1.54, 1.807) is 0 Å². The molecule has 0 fully saturated rings. The van der Waals surface area contributed by atoms with Gasteiger partial charge in [0.25, 0.3) is 0 Å². The lowest BCUT2D eigenvalue weighted by atomic mass is 10.1. The van der Waals surface area contributed by atoms with E-state index in [0.29, 0.717) is 0 Å². The van der Waals surface area contributed by atoms with Crippen LogP contribution in [0.1, 0.15) is 24.9 Å². The molecule has 2 heteroatoms. The van der Waals surface area contributed by atoms with Crippen LogP contribution in [-0.2, 0) is 0 Å². The number of nitrogens with two attached hydrogens (primary N) is 1. The quantitative estimate of drug-likeness (QED) is 0.811. The van der Waals surface area contributed by atoms with Gasteiger partial charge in [-0.25, -0.2) is 0 Å². The second-order valence-corrected chi connectivity index (χ2v) is 3.70. The topological polar surface area (TPSA) is 30.9 Å². The third kappa shape index (κ3) is 2.10. The highest BCUT2D eigenvalue weighted by atomic mass is 14.9. The first-order valence-electron chi connectivity index (χ1n) is 5.30. The molecule has 2 aromatic rings. The molecule has 2 nitrogen and oxygen atoms in total. The first-order chi connectivity index (χ1) is 7.31. The minimum absolute atomic E-state index is 0.156. The lowest BCUT2D eigenvalue weighted by Gasteiger charge is -2.10. The fourth-order valence-electron chi connectivity index (χ4n) is 1.64. The number of hydrogen-bond acceptors (Lipinski definition) is 1. The van der Waals surface area contributed by atoms with Crippen molar-refractivity contribution in [2.45, 2.75) is 19.4 Å². The Morgan fingerprint density at radius 1 is 1.13 bits per heavy atom. The maximum atomic E-state index is 5.96. The van der Waals surface area contributed by atoms with E-state index >= 15 is 0 Å². The average Bonchev–Trinajstić information content (AvgIpc) is 2.82. The zero-order valence-electron chi connectivity index (χ0n) is 8.93. The summed E-state index contributed by atoms with van der Waals surface area (Å²) in [5.74, 6) is 0. The molecule has 1 atom stereocenters. The molecule has 0 aliphatic carbocycles. The summed E-state index contributed by atoms with van der Waals surface area (Å²) in [6.45, 7) is 2.10. The van der Waals surface area contributed by atoms with E-state index in [0.717, 1.165) is 6.42 Å². The zero-order chi connectivity index (χ0) is 10.7.